The van der Waals surface area contributed by atoms with Crippen molar-refractivity contribution in [3.05, 3.63) is 64.7 Å². The zero-order valence-corrected chi connectivity index (χ0v) is 18.9. The molecule has 0 fully saturated rings. The summed E-state index contributed by atoms with van der Waals surface area (Å²) in [6.07, 6.45) is -4.60. The van der Waals surface area contributed by atoms with Gasteiger partial charge in [0.1, 0.15) is 18.0 Å². The maximum absolute atomic E-state index is 12.9. The van der Waals surface area contributed by atoms with E-state index in [4.69, 9.17) is 14.2 Å². The number of benzene rings is 2. The van der Waals surface area contributed by atoms with E-state index >= 15 is 0 Å². The first kappa shape index (κ1) is 24.4. The molecular weight excluding hydrogens is 439 g/mol. The molecule has 1 atom stereocenters. The predicted octanol–water partition coefficient (Wildman–Crippen LogP) is 5.29. The Bertz CT molecular complexity index is 1030. The second-order valence-electron chi connectivity index (χ2n) is 8.70. The van der Waals surface area contributed by atoms with Crippen LogP contribution in [0.2, 0.25) is 0 Å². The number of hydrogen-bond donors (Lipinski definition) is 0. The van der Waals surface area contributed by atoms with Crippen LogP contribution in [0.4, 0.5) is 18.0 Å². The number of halogens is 3. The van der Waals surface area contributed by atoms with Gasteiger partial charge < -0.3 is 14.2 Å². The lowest BCUT2D eigenvalue weighted by Crippen LogP contribution is -2.46. The summed E-state index contributed by atoms with van der Waals surface area (Å²) in [6, 6.07) is 8.98. The summed E-state index contributed by atoms with van der Waals surface area (Å²) >= 11 is 0. The SMILES string of the molecule is COC(=O)[C@H]1c2ccc(OCc3cccc(C(F)(F)F)c3)cc2CCN1C(=O)OC(C)(C)C. The molecule has 1 amide bonds. The average Bonchev–Trinajstić information content (AvgIpc) is 2.74. The number of ether oxygens (including phenoxy) is 3. The zero-order valence-electron chi connectivity index (χ0n) is 18.9. The molecule has 2 aromatic carbocycles. The molecule has 1 aliphatic heterocycles. The van der Waals surface area contributed by atoms with E-state index < -0.39 is 35.4 Å². The van der Waals surface area contributed by atoms with Gasteiger partial charge in [-0.3, -0.25) is 4.90 Å². The summed E-state index contributed by atoms with van der Waals surface area (Å²) < 4.78 is 54.8. The van der Waals surface area contributed by atoms with Gasteiger partial charge in [-0.1, -0.05) is 18.2 Å². The van der Waals surface area contributed by atoms with E-state index in [1.165, 1.54) is 18.1 Å². The molecule has 0 unspecified atom stereocenters. The smallest absolute Gasteiger partial charge is 0.416 e. The van der Waals surface area contributed by atoms with Crippen molar-refractivity contribution >= 4 is 12.1 Å². The molecule has 6 nitrogen and oxygen atoms in total. The number of carbonyl (C=O) groups excluding carboxylic acids is 2. The number of esters is 1. The second-order valence-corrected chi connectivity index (χ2v) is 8.70. The minimum Gasteiger partial charge on any atom is -0.489 e. The van der Waals surface area contributed by atoms with Crippen LogP contribution in [0.1, 0.15) is 49.1 Å². The van der Waals surface area contributed by atoms with E-state index in [2.05, 4.69) is 0 Å². The molecule has 0 N–H and O–H groups in total. The van der Waals surface area contributed by atoms with Crippen molar-refractivity contribution in [2.75, 3.05) is 13.7 Å². The van der Waals surface area contributed by atoms with Crippen LogP contribution in [0, 0.1) is 0 Å². The van der Waals surface area contributed by atoms with Gasteiger partial charge >= 0.3 is 18.2 Å². The van der Waals surface area contributed by atoms with Gasteiger partial charge in [0, 0.05) is 6.54 Å². The number of fused-ring (bicyclic) bond motifs is 1. The normalized spacial score (nSPS) is 16.1. The molecule has 1 aliphatic rings. The minimum absolute atomic E-state index is 0.0484. The number of carbonyl (C=O) groups is 2. The Morgan fingerprint density at radius 1 is 1.09 bits per heavy atom. The first-order valence-corrected chi connectivity index (χ1v) is 10.4. The standard InChI is InChI=1S/C24H26F3NO5/c1-23(2,3)33-22(30)28-11-10-16-13-18(8-9-19(16)20(28)21(29)31-4)32-14-15-6-5-7-17(12-15)24(25,26)27/h5-9,12-13,20H,10-11,14H2,1-4H3/t20-/m1/s1. The highest BCUT2D eigenvalue weighted by Gasteiger charge is 2.39. The van der Waals surface area contributed by atoms with Crippen LogP contribution < -0.4 is 4.74 Å². The van der Waals surface area contributed by atoms with Gasteiger partial charge in [-0.2, -0.15) is 13.2 Å². The van der Waals surface area contributed by atoms with Crippen LogP contribution in [0.25, 0.3) is 0 Å². The molecule has 0 radical (unpaired) electrons. The number of nitrogens with zero attached hydrogens (tertiary/aromatic N) is 1. The van der Waals surface area contributed by atoms with Gasteiger partial charge in [-0.15, -0.1) is 0 Å². The fraction of sp³-hybridized carbons (Fsp3) is 0.417. The predicted molar refractivity (Wildman–Crippen MR) is 114 cm³/mol. The summed E-state index contributed by atoms with van der Waals surface area (Å²) in [6.45, 7) is 5.41. The molecular formula is C24H26F3NO5. The molecule has 0 spiro atoms. The average molecular weight is 465 g/mol. The third kappa shape index (κ3) is 5.97. The number of methoxy groups -OCH3 is 1. The minimum atomic E-state index is -4.43. The lowest BCUT2D eigenvalue weighted by atomic mass is 9.92. The van der Waals surface area contributed by atoms with E-state index in [0.717, 1.165) is 17.7 Å². The van der Waals surface area contributed by atoms with Gasteiger partial charge in [0.05, 0.1) is 12.7 Å². The van der Waals surface area contributed by atoms with E-state index in [-0.39, 0.29) is 13.2 Å². The molecule has 1 heterocycles. The molecule has 2 aromatic rings. The lowest BCUT2D eigenvalue weighted by molar-refractivity contribution is -0.147. The highest BCUT2D eigenvalue weighted by Crippen LogP contribution is 2.35. The summed E-state index contributed by atoms with van der Waals surface area (Å²) in [7, 11) is 1.25. The first-order valence-electron chi connectivity index (χ1n) is 10.4. The highest BCUT2D eigenvalue weighted by molar-refractivity contribution is 5.84. The number of rotatable bonds is 4. The fourth-order valence-corrected chi connectivity index (χ4v) is 3.58. The molecule has 3 rings (SSSR count). The molecule has 0 saturated heterocycles. The number of alkyl halides is 3. The second kappa shape index (κ2) is 9.33. The van der Waals surface area contributed by atoms with E-state index in [9.17, 15) is 22.8 Å². The van der Waals surface area contributed by atoms with Crippen molar-refractivity contribution in [1.82, 2.24) is 4.90 Å². The number of hydrogen-bond acceptors (Lipinski definition) is 5. The zero-order chi connectivity index (χ0) is 24.4. The van der Waals surface area contributed by atoms with Gasteiger partial charge in [0.15, 0.2) is 6.04 Å². The Balaban J connectivity index is 1.80. The fourth-order valence-electron chi connectivity index (χ4n) is 3.58. The molecule has 9 heteroatoms. The van der Waals surface area contributed by atoms with Crippen molar-refractivity contribution in [1.29, 1.82) is 0 Å². The summed E-state index contributed by atoms with van der Waals surface area (Å²) in [5, 5.41) is 0. The Labute approximate surface area is 190 Å². The van der Waals surface area contributed by atoms with Crippen LogP contribution in [0.3, 0.4) is 0 Å². The Hall–Kier alpha value is -3.23. The lowest BCUT2D eigenvalue weighted by Gasteiger charge is -2.36. The monoisotopic (exact) mass is 465 g/mol. The summed E-state index contributed by atoms with van der Waals surface area (Å²) in [5.74, 6) is -0.153. The van der Waals surface area contributed by atoms with Gasteiger partial charge in [0.25, 0.3) is 0 Å². The summed E-state index contributed by atoms with van der Waals surface area (Å²) in [5.41, 5.74) is 0.291. The maximum atomic E-state index is 12.9. The van der Waals surface area contributed by atoms with Crippen LogP contribution in [0.15, 0.2) is 42.5 Å². The molecule has 178 valence electrons. The molecule has 0 bridgehead atoms. The van der Waals surface area contributed by atoms with Crippen LogP contribution >= 0.6 is 0 Å². The van der Waals surface area contributed by atoms with Crippen molar-refractivity contribution < 1.29 is 37.0 Å². The summed E-state index contributed by atoms with van der Waals surface area (Å²) in [4.78, 5) is 26.5. The van der Waals surface area contributed by atoms with Gasteiger partial charge in [-0.25, -0.2) is 9.59 Å². The Morgan fingerprint density at radius 3 is 2.45 bits per heavy atom. The first-order chi connectivity index (χ1) is 15.4. The quantitative estimate of drug-likeness (QED) is 0.574. The molecule has 0 saturated carbocycles. The van der Waals surface area contributed by atoms with Gasteiger partial charge in [-0.05, 0) is 68.1 Å². The third-order valence-electron chi connectivity index (χ3n) is 5.06. The van der Waals surface area contributed by atoms with Crippen molar-refractivity contribution in [3.8, 4) is 5.75 Å². The third-order valence-corrected chi connectivity index (χ3v) is 5.06. The van der Waals surface area contributed by atoms with E-state index in [0.29, 0.717) is 23.3 Å². The Kier molecular flexibility index (Phi) is 6.90. The van der Waals surface area contributed by atoms with Crippen LogP contribution in [-0.4, -0.2) is 36.2 Å². The van der Waals surface area contributed by atoms with Crippen molar-refractivity contribution in [2.45, 2.75) is 51.6 Å². The highest BCUT2D eigenvalue weighted by atomic mass is 19.4. The maximum Gasteiger partial charge on any atom is 0.416 e. The Morgan fingerprint density at radius 2 is 1.82 bits per heavy atom. The van der Waals surface area contributed by atoms with Crippen molar-refractivity contribution in [2.24, 2.45) is 0 Å². The van der Waals surface area contributed by atoms with Crippen LogP contribution in [0.5, 0.6) is 5.75 Å². The van der Waals surface area contributed by atoms with Gasteiger partial charge in [0.2, 0.25) is 0 Å². The molecule has 33 heavy (non-hydrogen) atoms. The van der Waals surface area contributed by atoms with E-state index in [1.807, 2.05) is 0 Å². The van der Waals surface area contributed by atoms with Crippen molar-refractivity contribution in [3.63, 3.8) is 0 Å². The number of amides is 1. The van der Waals surface area contributed by atoms with Crippen LogP contribution in [-0.2, 0) is 33.5 Å². The molecule has 0 aliphatic carbocycles. The van der Waals surface area contributed by atoms with E-state index in [1.54, 1.807) is 45.0 Å². The molecule has 0 aromatic heterocycles. The topological polar surface area (TPSA) is 65.1 Å². The largest absolute Gasteiger partial charge is 0.489 e.